The summed E-state index contributed by atoms with van der Waals surface area (Å²) in [6.07, 6.45) is 40.4. The summed E-state index contributed by atoms with van der Waals surface area (Å²) in [5.74, 6) is -0.714. The second kappa shape index (κ2) is 32.9. The van der Waals surface area contributed by atoms with Crippen molar-refractivity contribution in [1.82, 2.24) is 0 Å². The smallest absolute Gasteiger partial charge is 0.306 e. The van der Waals surface area contributed by atoms with E-state index in [9.17, 15) is 9.59 Å². The van der Waals surface area contributed by atoms with Gasteiger partial charge in [-0.2, -0.15) is 0 Å². The highest BCUT2D eigenvalue weighted by Crippen LogP contribution is 2.19. The maximum absolute atomic E-state index is 12.6. The fourth-order valence-corrected chi connectivity index (χ4v) is 5.26. The number of hydrogen-bond donors (Lipinski definition) is 1. The number of rotatable bonds is 32. The maximum atomic E-state index is 12.6. The zero-order valence-corrected chi connectivity index (χ0v) is 27.4. The summed E-state index contributed by atoms with van der Waals surface area (Å²) < 4.78 is 5.96. The van der Waals surface area contributed by atoms with Crippen molar-refractivity contribution in [2.45, 2.75) is 200 Å². The van der Waals surface area contributed by atoms with Crippen molar-refractivity contribution in [2.24, 2.45) is 0 Å². The molecular formula is C37H68O4. The number of ether oxygens (including phenoxy) is 1. The molecule has 0 aliphatic carbocycles. The molecule has 41 heavy (non-hydrogen) atoms. The van der Waals surface area contributed by atoms with E-state index in [0.717, 1.165) is 77.0 Å². The first kappa shape index (κ1) is 39.4. The van der Waals surface area contributed by atoms with E-state index in [1.165, 1.54) is 89.9 Å². The SMILES string of the molecule is CCCC/C=C\C/C=C\CCCCCCCC(=O)OC(CCCCCCCCCCC)CCCCCCCC(=O)O. The number of unbranched alkanes of at least 4 members (excludes halogenated alkanes) is 19. The molecule has 0 saturated heterocycles. The molecule has 0 heterocycles. The lowest BCUT2D eigenvalue weighted by Crippen LogP contribution is -2.18. The lowest BCUT2D eigenvalue weighted by atomic mass is 10.0. The molecule has 0 spiro atoms. The van der Waals surface area contributed by atoms with Gasteiger partial charge in [0.25, 0.3) is 0 Å². The number of carboxylic acid groups (broad SMARTS) is 1. The highest BCUT2D eigenvalue weighted by atomic mass is 16.5. The predicted octanol–water partition coefficient (Wildman–Crippen LogP) is 12.1. The molecule has 0 aromatic carbocycles. The van der Waals surface area contributed by atoms with Crippen LogP contribution < -0.4 is 0 Å². The highest BCUT2D eigenvalue weighted by molar-refractivity contribution is 5.69. The predicted molar refractivity (Wildman–Crippen MR) is 176 cm³/mol. The van der Waals surface area contributed by atoms with Gasteiger partial charge in [-0.05, 0) is 64.2 Å². The summed E-state index contributed by atoms with van der Waals surface area (Å²) in [7, 11) is 0. The molecule has 1 atom stereocenters. The van der Waals surface area contributed by atoms with E-state index in [0.29, 0.717) is 6.42 Å². The summed E-state index contributed by atoms with van der Waals surface area (Å²) in [4.78, 5) is 23.2. The average Bonchev–Trinajstić information content (AvgIpc) is 2.95. The van der Waals surface area contributed by atoms with Crippen molar-refractivity contribution in [3.63, 3.8) is 0 Å². The standard InChI is InChI=1S/C37H68O4/c1-3-5-7-9-11-13-14-15-16-17-19-21-26-30-34-37(40)41-35(32-28-24-22-25-29-33-36(38)39)31-27-23-20-18-12-10-8-6-4-2/h9,11,14-15,35H,3-8,10,12-13,16-34H2,1-2H3,(H,38,39)/b11-9-,15-14-. The Kier molecular flexibility index (Phi) is 31.7. The summed E-state index contributed by atoms with van der Waals surface area (Å²) in [6, 6.07) is 0. The topological polar surface area (TPSA) is 63.6 Å². The first-order valence-corrected chi connectivity index (χ1v) is 17.8. The normalized spacial score (nSPS) is 12.4. The largest absolute Gasteiger partial charge is 0.481 e. The molecule has 4 nitrogen and oxygen atoms in total. The molecule has 0 aromatic rings. The van der Waals surface area contributed by atoms with Gasteiger partial charge in [-0.15, -0.1) is 0 Å². The van der Waals surface area contributed by atoms with Crippen molar-refractivity contribution in [3.05, 3.63) is 24.3 Å². The first-order valence-electron chi connectivity index (χ1n) is 17.8. The van der Waals surface area contributed by atoms with Gasteiger partial charge in [-0.1, -0.05) is 141 Å². The third-order valence-electron chi connectivity index (χ3n) is 7.93. The molecule has 0 bridgehead atoms. The van der Waals surface area contributed by atoms with Crippen molar-refractivity contribution in [2.75, 3.05) is 0 Å². The number of carbonyl (C=O) groups excluding carboxylic acids is 1. The minimum atomic E-state index is -0.702. The third kappa shape index (κ3) is 32.8. The molecule has 0 aliphatic rings. The lowest BCUT2D eigenvalue weighted by molar-refractivity contribution is -0.150. The lowest BCUT2D eigenvalue weighted by Gasteiger charge is -2.18. The Bertz CT molecular complexity index is 624. The van der Waals surface area contributed by atoms with Crippen molar-refractivity contribution >= 4 is 11.9 Å². The van der Waals surface area contributed by atoms with E-state index in [2.05, 4.69) is 38.2 Å². The van der Waals surface area contributed by atoms with Crippen LogP contribution in [0.1, 0.15) is 194 Å². The van der Waals surface area contributed by atoms with Crippen LogP contribution in [-0.2, 0) is 14.3 Å². The van der Waals surface area contributed by atoms with Crippen LogP contribution in [0.4, 0.5) is 0 Å². The van der Waals surface area contributed by atoms with E-state index >= 15 is 0 Å². The third-order valence-corrected chi connectivity index (χ3v) is 7.93. The van der Waals surface area contributed by atoms with Gasteiger partial charge >= 0.3 is 11.9 Å². The summed E-state index contributed by atoms with van der Waals surface area (Å²) in [5.41, 5.74) is 0. The molecule has 4 heteroatoms. The number of hydrogen-bond acceptors (Lipinski definition) is 3. The van der Waals surface area contributed by atoms with Gasteiger partial charge in [-0.25, -0.2) is 0 Å². The molecule has 0 aromatic heterocycles. The number of allylic oxidation sites excluding steroid dienone is 4. The average molecular weight is 577 g/mol. The van der Waals surface area contributed by atoms with Crippen LogP contribution in [0, 0.1) is 0 Å². The number of carboxylic acids is 1. The molecule has 0 saturated carbocycles. The molecule has 0 rings (SSSR count). The summed E-state index contributed by atoms with van der Waals surface area (Å²) >= 11 is 0. The molecule has 0 fully saturated rings. The Morgan fingerprint density at radius 2 is 0.976 bits per heavy atom. The van der Waals surface area contributed by atoms with Gasteiger partial charge < -0.3 is 9.84 Å². The van der Waals surface area contributed by atoms with E-state index in [1.54, 1.807) is 0 Å². The van der Waals surface area contributed by atoms with Crippen molar-refractivity contribution in [3.8, 4) is 0 Å². The fraction of sp³-hybridized carbons (Fsp3) is 0.838. The van der Waals surface area contributed by atoms with Crippen LogP contribution >= 0.6 is 0 Å². The molecule has 0 radical (unpaired) electrons. The van der Waals surface area contributed by atoms with Crippen LogP contribution in [0.5, 0.6) is 0 Å². The van der Waals surface area contributed by atoms with Gasteiger partial charge in [0, 0.05) is 12.8 Å². The molecule has 0 amide bonds. The second-order valence-corrected chi connectivity index (χ2v) is 12.1. The van der Waals surface area contributed by atoms with Gasteiger partial charge in [0.05, 0.1) is 0 Å². The van der Waals surface area contributed by atoms with Crippen LogP contribution in [0.25, 0.3) is 0 Å². The Morgan fingerprint density at radius 1 is 0.537 bits per heavy atom. The van der Waals surface area contributed by atoms with Gasteiger partial charge in [0.15, 0.2) is 0 Å². The first-order chi connectivity index (χ1) is 20.1. The number of carbonyl (C=O) groups is 2. The molecule has 240 valence electrons. The van der Waals surface area contributed by atoms with Gasteiger partial charge in [0.2, 0.25) is 0 Å². The molecule has 1 unspecified atom stereocenters. The van der Waals surface area contributed by atoms with Crippen LogP contribution in [0.2, 0.25) is 0 Å². The molecule has 1 N–H and O–H groups in total. The fourth-order valence-electron chi connectivity index (χ4n) is 5.26. The van der Waals surface area contributed by atoms with Gasteiger partial charge in [-0.3, -0.25) is 9.59 Å². The van der Waals surface area contributed by atoms with Crippen molar-refractivity contribution in [1.29, 1.82) is 0 Å². The zero-order chi connectivity index (χ0) is 30.1. The summed E-state index contributed by atoms with van der Waals surface area (Å²) in [5, 5.41) is 8.78. The Labute approximate surface area is 255 Å². The van der Waals surface area contributed by atoms with E-state index in [4.69, 9.17) is 9.84 Å². The minimum absolute atomic E-state index is 0.0118. The number of aliphatic carboxylic acids is 1. The summed E-state index contributed by atoms with van der Waals surface area (Å²) in [6.45, 7) is 4.49. The number of esters is 1. The zero-order valence-electron chi connectivity index (χ0n) is 27.4. The maximum Gasteiger partial charge on any atom is 0.306 e. The second-order valence-electron chi connectivity index (χ2n) is 12.1. The van der Waals surface area contributed by atoms with Gasteiger partial charge in [0.1, 0.15) is 6.10 Å². The van der Waals surface area contributed by atoms with E-state index in [-0.39, 0.29) is 18.5 Å². The van der Waals surface area contributed by atoms with Crippen LogP contribution in [0.3, 0.4) is 0 Å². The Morgan fingerprint density at radius 3 is 1.51 bits per heavy atom. The Hall–Kier alpha value is -1.58. The molecule has 0 aliphatic heterocycles. The van der Waals surface area contributed by atoms with Crippen molar-refractivity contribution < 1.29 is 19.4 Å². The van der Waals surface area contributed by atoms with E-state index in [1.807, 2.05) is 0 Å². The van der Waals surface area contributed by atoms with Crippen LogP contribution in [-0.4, -0.2) is 23.1 Å². The highest BCUT2D eigenvalue weighted by Gasteiger charge is 2.14. The quantitative estimate of drug-likeness (QED) is 0.0491. The Balaban J connectivity index is 4.05. The van der Waals surface area contributed by atoms with E-state index < -0.39 is 5.97 Å². The monoisotopic (exact) mass is 577 g/mol. The van der Waals surface area contributed by atoms with Crippen LogP contribution in [0.15, 0.2) is 24.3 Å². The minimum Gasteiger partial charge on any atom is -0.481 e. The molecular weight excluding hydrogens is 508 g/mol.